The molecule has 0 unspecified atom stereocenters. The molecule has 1 N–H and O–H groups in total. The number of rotatable bonds is 4. The molecule has 2 aromatic heterocycles. The van der Waals surface area contributed by atoms with Crippen LogP contribution in [0.3, 0.4) is 0 Å². The molecule has 144 valence electrons. The number of Topliss-reactive ketones (excluding diaryl/α,β-unsaturated/α-hetero) is 1. The van der Waals surface area contributed by atoms with E-state index < -0.39 is 0 Å². The van der Waals surface area contributed by atoms with Gasteiger partial charge in [-0.15, -0.1) is 0 Å². The van der Waals surface area contributed by atoms with Gasteiger partial charge in [-0.25, -0.2) is 4.98 Å². The van der Waals surface area contributed by atoms with E-state index in [0.29, 0.717) is 33.5 Å². The van der Waals surface area contributed by atoms with Crippen molar-refractivity contribution in [3.8, 4) is 11.3 Å². The smallest absolute Gasteiger partial charge is 0.256 e. The summed E-state index contributed by atoms with van der Waals surface area (Å²) >= 11 is 0. The minimum Gasteiger partial charge on any atom is -0.321 e. The number of para-hydroxylation sites is 1. The fourth-order valence-corrected chi connectivity index (χ4v) is 3.47. The first-order chi connectivity index (χ1) is 14.0. The minimum absolute atomic E-state index is 0.108. The lowest BCUT2D eigenvalue weighted by Crippen LogP contribution is -2.15. The molecule has 0 aliphatic rings. The standard InChI is InChI=1S/C23H20N4O2/c1-14-21-18(23(29)25-19-12-8-7-11-17(19)15(2)28)13-20(16-9-5-4-6-10-16)24-22(21)27(3)26-14/h4-13H,1-3H3,(H,25,29). The first-order valence-electron chi connectivity index (χ1n) is 9.27. The number of anilines is 1. The average Bonchev–Trinajstić information content (AvgIpc) is 3.02. The molecule has 29 heavy (non-hydrogen) atoms. The summed E-state index contributed by atoms with van der Waals surface area (Å²) in [6.07, 6.45) is 0. The Kier molecular flexibility index (Phi) is 4.68. The Balaban J connectivity index is 1.86. The van der Waals surface area contributed by atoms with Crippen LogP contribution < -0.4 is 5.32 Å². The summed E-state index contributed by atoms with van der Waals surface area (Å²) in [5.41, 5.74) is 4.37. The lowest BCUT2D eigenvalue weighted by atomic mass is 10.0. The predicted molar refractivity (Wildman–Crippen MR) is 113 cm³/mol. The monoisotopic (exact) mass is 384 g/mol. The molecule has 1 amide bonds. The van der Waals surface area contributed by atoms with Crippen LogP contribution in [0.4, 0.5) is 5.69 Å². The molecule has 0 aliphatic carbocycles. The molecule has 2 heterocycles. The molecule has 0 radical (unpaired) electrons. The van der Waals surface area contributed by atoms with E-state index in [9.17, 15) is 9.59 Å². The highest BCUT2D eigenvalue weighted by Crippen LogP contribution is 2.28. The molecule has 4 aromatic rings. The second kappa shape index (κ2) is 7.31. The Bertz CT molecular complexity index is 1240. The fourth-order valence-electron chi connectivity index (χ4n) is 3.47. The highest BCUT2D eigenvalue weighted by atomic mass is 16.1. The van der Waals surface area contributed by atoms with Crippen molar-refractivity contribution >= 4 is 28.4 Å². The molecule has 6 heteroatoms. The van der Waals surface area contributed by atoms with Crippen molar-refractivity contribution in [1.29, 1.82) is 0 Å². The molecule has 6 nitrogen and oxygen atoms in total. The van der Waals surface area contributed by atoms with Crippen LogP contribution >= 0.6 is 0 Å². The van der Waals surface area contributed by atoms with Crippen LogP contribution in [0.15, 0.2) is 60.7 Å². The summed E-state index contributed by atoms with van der Waals surface area (Å²) in [6.45, 7) is 3.33. The van der Waals surface area contributed by atoms with E-state index in [1.54, 1.807) is 35.0 Å². The highest BCUT2D eigenvalue weighted by Gasteiger charge is 2.20. The Morgan fingerprint density at radius 2 is 1.66 bits per heavy atom. The third kappa shape index (κ3) is 3.40. The van der Waals surface area contributed by atoms with Crippen molar-refractivity contribution in [3.63, 3.8) is 0 Å². The molecule has 0 atom stereocenters. The first kappa shape index (κ1) is 18.6. The summed E-state index contributed by atoms with van der Waals surface area (Å²) in [5, 5.41) is 8.03. The zero-order valence-electron chi connectivity index (χ0n) is 16.4. The van der Waals surface area contributed by atoms with Gasteiger partial charge in [0.1, 0.15) is 0 Å². The van der Waals surface area contributed by atoms with Gasteiger partial charge in [-0.05, 0) is 32.0 Å². The fraction of sp³-hybridized carbons (Fsp3) is 0.130. The zero-order chi connectivity index (χ0) is 20.5. The summed E-state index contributed by atoms with van der Waals surface area (Å²) in [5.74, 6) is -0.414. The number of amides is 1. The number of aryl methyl sites for hydroxylation is 2. The van der Waals surface area contributed by atoms with Crippen LogP contribution in [-0.4, -0.2) is 26.5 Å². The average molecular weight is 384 g/mol. The van der Waals surface area contributed by atoms with Crippen molar-refractivity contribution in [3.05, 3.63) is 77.5 Å². The van der Waals surface area contributed by atoms with E-state index >= 15 is 0 Å². The van der Waals surface area contributed by atoms with Crippen LogP contribution in [-0.2, 0) is 7.05 Å². The number of hydrogen-bond acceptors (Lipinski definition) is 4. The molecule has 4 rings (SSSR count). The van der Waals surface area contributed by atoms with Gasteiger partial charge in [-0.1, -0.05) is 42.5 Å². The summed E-state index contributed by atoms with van der Waals surface area (Å²) < 4.78 is 1.68. The van der Waals surface area contributed by atoms with Crippen molar-refractivity contribution < 1.29 is 9.59 Å². The van der Waals surface area contributed by atoms with Crippen molar-refractivity contribution in [2.75, 3.05) is 5.32 Å². The highest BCUT2D eigenvalue weighted by molar-refractivity contribution is 6.15. The lowest BCUT2D eigenvalue weighted by Gasteiger charge is -2.11. The Morgan fingerprint density at radius 1 is 0.966 bits per heavy atom. The second-order valence-electron chi connectivity index (χ2n) is 6.88. The summed E-state index contributed by atoms with van der Waals surface area (Å²) in [4.78, 5) is 29.9. The number of carbonyl (C=O) groups is 2. The van der Waals surface area contributed by atoms with Crippen LogP contribution in [0.2, 0.25) is 0 Å². The third-order valence-corrected chi connectivity index (χ3v) is 4.84. The third-order valence-electron chi connectivity index (χ3n) is 4.84. The molecule has 2 aromatic carbocycles. The van der Waals surface area contributed by atoms with Gasteiger partial charge in [-0.2, -0.15) is 5.10 Å². The number of fused-ring (bicyclic) bond motifs is 1. The molecule has 0 aliphatic heterocycles. The maximum absolute atomic E-state index is 13.3. The van der Waals surface area contributed by atoms with E-state index in [1.807, 2.05) is 44.3 Å². The van der Waals surface area contributed by atoms with E-state index in [2.05, 4.69) is 10.4 Å². The van der Waals surface area contributed by atoms with Gasteiger partial charge in [-0.3, -0.25) is 14.3 Å². The van der Waals surface area contributed by atoms with Gasteiger partial charge in [0, 0.05) is 18.2 Å². The maximum atomic E-state index is 13.3. The van der Waals surface area contributed by atoms with Crippen molar-refractivity contribution in [1.82, 2.24) is 14.8 Å². The number of benzene rings is 2. The topological polar surface area (TPSA) is 76.9 Å². The van der Waals surface area contributed by atoms with Crippen LogP contribution in [0.1, 0.15) is 33.3 Å². The van der Waals surface area contributed by atoms with Crippen LogP contribution in [0.5, 0.6) is 0 Å². The van der Waals surface area contributed by atoms with Gasteiger partial charge >= 0.3 is 0 Å². The number of ketones is 1. The molecule has 0 spiro atoms. The second-order valence-corrected chi connectivity index (χ2v) is 6.88. The molecule has 0 saturated heterocycles. The van der Waals surface area contributed by atoms with Gasteiger partial charge < -0.3 is 5.32 Å². The van der Waals surface area contributed by atoms with Gasteiger partial charge in [0.05, 0.1) is 28.0 Å². The number of nitrogens with one attached hydrogen (secondary N) is 1. The summed E-state index contributed by atoms with van der Waals surface area (Å²) in [6, 6.07) is 18.4. The Morgan fingerprint density at radius 3 is 2.38 bits per heavy atom. The van der Waals surface area contributed by atoms with Crippen molar-refractivity contribution in [2.24, 2.45) is 7.05 Å². The van der Waals surface area contributed by atoms with Crippen LogP contribution in [0, 0.1) is 6.92 Å². The number of pyridine rings is 1. The zero-order valence-corrected chi connectivity index (χ0v) is 16.4. The van der Waals surface area contributed by atoms with E-state index in [1.165, 1.54) is 6.92 Å². The predicted octanol–water partition coefficient (Wildman–Crippen LogP) is 4.40. The molecular weight excluding hydrogens is 364 g/mol. The lowest BCUT2D eigenvalue weighted by molar-refractivity contribution is 0.101. The molecule has 0 bridgehead atoms. The minimum atomic E-state index is -0.306. The van der Waals surface area contributed by atoms with Gasteiger partial charge in [0.15, 0.2) is 11.4 Å². The van der Waals surface area contributed by atoms with E-state index in [-0.39, 0.29) is 11.7 Å². The quantitative estimate of drug-likeness (QED) is 0.529. The maximum Gasteiger partial charge on any atom is 0.256 e. The van der Waals surface area contributed by atoms with Crippen LogP contribution in [0.25, 0.3) is 22.3 Å². The van der Waals surface area contributed by atoms with Gasteiger partial charge in [0.25, 0.3) is 5.91 Å². The first-order valence-corrected chi connectivity index (χ1v) is 9.27. The number of aromatic nitrogens is 3. The van der Waals surface area contributed by atoms with Gasteiger partial charge in [0.2, 0.25) is 0 Å². The molecule has 0 saturated carbocycles. The Labute approximate surface area is 168 Å². The number of hydrogen-bond donors (Lipinski definition) is 1. The van der Waals surface area contributed by atoms with E-state index in [0.717, 1.165) is 11.3 Å². The van der Waals surface area contributed by atoms with Crippen molar-refractivity contribution in [2.45, 2.75) is 13.8 Å². The number of carbonyl (C=O) groups excluding carboxylic acids is 2. The molecular formula is C23H20N4O2. The SMILES string of the molecule is CC(=O)c1ccccc1NC(=O)c1cc(-c2ccccc2)nc2c1c(C)nn2C. The largest absolute Gasteiger partial charge is 0.321 e. The Hall–Kier alpha value is -3.80. The normalized spacial score (nSPS) is 10.9. The number of nitrogens with zero attached hydrogens (tertiary/aromatic N) is 3. The molecule has 0 fully saturated rings. The van der Waals surface area contributed by atoms with E-state index in [4.69, 9.17) is 4.98 Å². The summed E-state index contributed by atoms with van der Waals surface area (Å²) in [7, 11) is 1.81.